The highest BCUT2D eigenvalue weighted by molar-refractivity contribution is 7.84. The Morgan fingerprint density at radius 3 is 2.36 bits per heavy atom. The van der Waals surface area contributed by atoms with E-state index in [2.05, 4.69) is 5.09 Å². The molecule has 146 valence electrons. The molecule has 0 aliphatic heterocycles. The van der Waals surface area contributed by atoms with E-state index in [-0.39, 0.29) is 0 Å². The van der Waals surface area contributed by atoms with Gasteiger partial charge in [0.2, 0.25) is 0 Å². The van der Waals surface area contributed by atoms with Gasteiger partial charge in [0.15, 0.2) is 0 Å². The summed E-state index contributed by atoms with van der Waals surface area (Å²) in [6, 6.07) is 21.3. The van der Waals surface area contributed by atoms with Crippen molar-refractivity contribution >= 4 is 34.9 Å². The standard InChI is InChI=1S/C21H21ClNO4P/c1-15(21(24)26-16(2)17-9-4-3-5-10-17)23-28(22,25)27-20-14-8-12-18-11-6-7-13-19(18)20/h3-16H,1-2H3,(H,23,25). The van der Waals surface area contributed by atoms with Crippen molar-refractivity contribution in [3.63, 3.8) is 0 Å². The molecule has 0 fully saturated rings. The molecule has 0 spiro atoms. The molecule has 0 bridgehead atoms. The first-order valence-corrected chi connectivity index (χ1v) is 11.4. The van der Waals surface area contributed by atoms with Gasteiger partial charge in [0.25, 0.3) is 0 Å². The van der Waals surface area contributed by atoms with E-state index in [1.807, 2.05) is 60.7 Å². The first-order chi connectivity index (χ1) is 13.4. The number of carbonyl (C=O) groups is 1. The van der Waals surface area contributed by atoms with Gasteiger partial charge in [-0.1, -0.05) is 66.7 Å². The van der Waals surface area contributed by atoms with Crippen LogP contribution in [0.1, 0.15) is 25.5 Å². The average molecular weight is 418 g/mol. The second-order valence-electron chi connectivity index (χ2n) is 6.39. The molecular formula is C21H21ClNO4P. The van der Waals surface area contributed by atoms with Gasteiger partial charge in [-0.2, -0.15) is 0 Å². The maximum Gasteiger partial charge on any atom is 0.409 e. The second-order valence-corrected chi connectivity index (χ2v) is 9.12. The van der Waals surface area contributed by atoms with Crippen molar-refractivity contribution in [2.45, 2.75) is 26.0 Å². The van der Waals surface area contributed by atoms with Crippen molar-refractivity contribution in [2.24, 2.45) is 0 Å². The molecule has 3 unspecified atom stereocenters. The number of hydrogen-bond donors (Lipinski definition) is 1. The smallest absolute Gasteiger partial charge is 0.409 e. The van der Waals surface area contributed by atoms with Crippen LogP contribution in [0.15, 0.2) is 72.8 Å². The van der Waals surface area contributed by atoms with Crippen LogP contribution < -0.4 is 9.61 Å². The van der Waals surface area contributed by atoms with Crippen LogP contribution in [0, 0.1) is 0 Å². The Balaban J connectivity index is 1.66. The molecule has 3 rings (SSSR count). The van der Waals surface area contributed by atoms with Crippen LogP contribution in [-0.2, 0) is 14.1 Å². The lowest BCUT2D eigenvalue weighted by Gasteiger charge is -2.21. The lowest BCUT2D eigenvalue weighted by Crippen LogP contribution is -2.33. The average Bonchev–Trinajstić information content (AvgIpc) is 2.68. The highest BCUT2D eigenvalue weighted by atomic mass is 35.7. The summed E-state index contributed by atoms with van der Waals surface area (Å²) in [5.74, 6) is -0.194. The van der Waals surface area contributed by atoms with Crippen LogP contribution >= 0.6 is 18.1 Å². The molecule has 5 nitrogen and oxygen atoms in total. The van der Waals surface area contributed by atoms with Gasteiger partial charge in [0.1, 0.15) is 17.9 Å². The summed E-state index contributed by atoms with van der Waals surface area (Å²) in [5, 5.41) is 4.26. The topological polar surface area (TPSA) is 64.6 Å². The Morgan fingerprint density at radius 2 is 1.61 bits per heavy atom. The molecule has 0 aliphatic carbocycles. The quantitative estimate of drug-likeness (QED) is 0.386. The van der Waals surface area contributed by atoms with Crippen molar-refractivity contribution in [2.75, 3.05) is 0 Å². The van der Waals surface area contributed by atoms with E-state index in [1.54, 1.807) is 19.1 Å². The maximum atomic E-state index is 12.7. The van der Waals surface area contributed by atoms with Crippen LogP contribution in [0.4, 0.5) is 0 Å². The fraction of sp³-hybridized carbons (Fsp3) is 0.190. The lowest BCUT2D eigenvalue weighted by molar-refractivity contribution is -0.150. The molecule has 0 aliphatic rings. The Bertz CT molecular complexity index is 1010. The molecule has 3 atom stereocenters. The number of nitrogens with one attached hydrogen (secondary N) is 1. The first-order valence-electron chi connectivity index (χ1n) is 8.86. The van der Waals surface area contributed by atoms with E-state index >= 15 is 0 Å². The molecule has 3 aromatic carbocycles. The van der Waals surface area contributed by atoms with Crippen LogP contribution in [0.3, 0.4) is 0 Å². The minimum absolute atomic E-state index is 0.377. The SMILES string of the molecule is CC(NP(=O)(Cl)Oc1cccc2ccccc12)C(=O)OC(C)c1ccccc1. The summed E-state index contributed by atoms with van der Waals surface area (Å²) >= 11 is 6.08. The number of halogens is 1. The van der Waals surface area contributed by atoms with Gasteiger partial charge >= 0.3 is 12.8 Å². The molecule has 0 amide bonds. The molecule has 1 N–H and O–H groups in total. The lowest BCUT2D eigenvalue weighted by atomic mass is 10.1. The normalized spacial score (nSPS) is 15.4. The fourth-order valence-electron chi connectivity index (χ4n) is 2.78. The first kappa shape index (κ1) is 20.4. The van der Waals surface area contributed by atoms with E-state index in [4.69, 9.17) is 20.5 Å². The summed E-state index contributed by atoms with van der Waals surface area (Å²) in [4.78, 5) is 12.3. The molecule has 0 heterocycles. The predicted octanol–water partition coefficient (Wildman–Crippen LogP) is 5.85. The third kappa shape index (κ3) is 5.14. The van der Waals surface area contributed by atoms with Crippen LogP contribution in [0.2, 0.25) is 0 Å². The van der Waals surface area contributed by atoms with Gasteiger partial charge in [0.05, 0.1) is 0 Å². The van der Waals surface area contributed by atoms with Crippen molar-refractivity contribution in [1.82, 2.24) is 5.09 Å². The van der Waals surface area contributed by atoms with Crippen LogP contribution in [0.25, 0.3) is 10.8 Å². The minimum atomic E-state index is -3.82. The molecule has 3 aromatic rings. The summed E-state index contributed by atoms with van der Waals surface area (Å²) < 4.78 is 23.7. The molecule has 0 saturated heterocycles. The minimum Gasteiger partial charge on any atom is -0.457 e. The van der Waals surface area contributed by atoms with E-state index in [9.17, 15) is 9.36 Å². The Morgan fingerprint density at radius 1 is 0.964 bits per heavy atom. The number of rotatable bonds is 7. The largest absolute Gasteiger partial charge is 0.457 e. The molecule has 0 radical (unpaired) electrons. The van der Waals surface area contributed by atoms with E-state index in [0.717, 1.165) is 16.3 Å². The number of fused-ring (bicyclic) bond motifs is 1. The summed E-state index contributed by atoms with van der Waals surface area (Å²) in [6.07, 6.45) is -0.438. The highest BCUT2D eigenvalue weighted by Crippen LogP contribution is 2.50. The van der Waals surface area contributed by atoms with Gasteiger partial charge in [-0.25, -0.2) is 9.65 Å². The molecule has 28 heavy (non-hydrogen) atoms. The van der Waals surface area contributed by atoms with Gasteiger partial charge in [-0.05, 0) is 30.9 Å². The van der Waals surface area contributed by atoms with E-state index in [1.165, 1.54) is 6.92 Å². The second kappa shape index (κ2) is 8.78. The molecule has 0 aromatic heterocycles. The maximum absolute atomic E-state index is 12.7. The third-order valence-corrected chi connectivity index (χ3v) is 5.86. The Labute approximate surface area is 168 Å². The van der Waals surface area contributed by atoms with Gasteiger partial charge in [-0.3, -0.25) is 4.79 Å². The Hall–Kier alpha value is -2.33. The summed E-state index contributed by atoms with van der Waals surface area (Å²) in [5.41, 5.74) is 0.865. The Kier molecular flexibility index (Phi) is 6.40. The number of carbonyl (C=O) groups excluding carboxylic acids is 1. The van der Waals surface area contributed by atoms with Gasteiger partial charge in [0, 0.05) is 16.6 Å². The van der Waals surface area contributed by atoms with Crippen LogP contribution in [0.5, 0.6) is 5.75 Å². The van der Waals surface area contributed by atoms with Crippen molar-refractivity contribution < 1.29 is 18.6 Å². The zero-order valence-electron chi connectivity index (χ0n) is 15.5. The van der Waals surface area contributed by atoms with Crippen molar-refractivity contribution in [3.8, 4) is 5.75 Å². The van der Waals surface area contributed by atoms with Crippen LogP contribution in [-0.4, -0.2) is 12.0 Å². The fourth-order valence-corrected chi connectivity index (χ4v) is 4.48. The number of hydrogen-bond acceptors (Lipinski definition) is 4. The monoisotopic (exact) mass is 417 g/mol. The van der Waals surface area contributed by atoms with Crippen molar-refractivity contribution in [1.29, 1.82) is 0 Å². The zero-order chi connectivity index (χ0) is 20.1. The third-order valence-electron chi connectivity index (χ3n) is 4.23. The summed E-state index contributed by atoms with van der Waals surface area (Å²) in [7, 11) is 0. The van der Waals surface area contributed by atoms with Gasteiger partial charge in [-0.15, -0.1) is 0 Å². The number of esters is 1. The van der Waals surface area contributed by atoms with Gasteiger partial charge < -0.3 is 9.26 Å². The molecule has 0 saturated carbocycles. The number of ether oxygens (including phenoxy) is 1. The number of benzene rings is 3. The predicted molar refractivity (Wildman–Crippen MR) is 112 cm³/mol. The van der Waals surface area contributed by atoms with Crippen molar-refractivity contribution in [3.05, 3.63) is 78.4 Å². The van der Waals surface area contributed by atoms with E-state index < -0.39 is 25.0 Å². The summed E-state index contributed by atoms with van der Waals surface area (Å²) in [6.45, 7) is -0.523. The molecule has 7 heteroatoms. The molecular weight excluding hydrogens is 397 g/mol. The zero-order valence-corrected chi connectivity index (χ0v) is 17.2. The van der Waals surface area contributed by atoms with E-state index in [0.29, 0.717) is 5.75 Å². The highest BCUT2D eigenvalue weighted by Gasteiger charge is 2.29.